The molecule has 0 fully saturated rings. The first-order valence-electron chi connectivity index (χ1n) is 5.72. The van der Waals surface area contributed by atoms with Gasteiger partial charge in [-0.25, -0.2) is 4.79 Å². The van der Waals surface area contributed by atoms with Crippen molar-refractivity contribution in [3.63, 3.8) is 0 Å². The second-order valence-electron chi connectivity index (χ2n) is 4.29. The third-order valence-corrected chi connectivity index (χ3v) is 3.19. The zero-order valence-corrected chi connectivity index (χ0v) is 9.61. The lowest BCUT2D eigenvalue weighted by Gasteiger charge is -2.23. The number of anilines is 1. The number of rotatable bonds is 3. The maximum absolute atomic E-state index is 11.3. The fourth-order valence-corrected chi connectivity index (χ4v) is 2.36. The minimum atomic E-state index is -0.814. The van der Waals surface area contributed by atoms with Crippen LogP contribution in [0.4, 0.5) is 5.69 Å². The van der Waals surface area contributed by atoms with Crippen LogP contribution in [0.15, 0.2) is 41.1 Å². The van der Waals surface area contributed by atoms with Crippen molar-refractivity contribution in [2.75, 3.05) is 4.90 Å². The summed E-state index contributed by atoms with van der Waals surface area (Å²) in [6.07, 6.45) is 2.09. The highest BCUT2D eigenvalue weighted by Crippen LogP contribution is 2.33. The van der Waals surface area contributed by atoms with Crippen LogP contribution in [0.2, 0.25) is 0 Å². The van der Waals surface area contributed by atoms with Gasteiger partial charge >= 0.3 is 5.97 Å². The fourth-order valence-electron chi connectivity index (χ4n) is 2.36. The molecule has 5 heteroatoms. The van der Waals surface area contributed by atoms with Crippen LogP contribution < -0.4 is 4.90 Å². The Kier molecular flexibility index (Phi) is 2.51. The molecule has 0 bridgehead atoms. The van der Waals surface area contributed by atoms with Gasteiger partial charge in [0.1, 0.15) is 6.04 Å². The van der Waals surface area contributed by atoms with E-state index in [1.54, 1.807) is 12.3 Å². The number of aromatic nitrogens is 1. The molecule has 0 saturated heterocycles. The van der Waals surface area contributed by atoms with Crippen LogP contribution in [0.25, 0.3) is 0 Å². The number of fused-ring (bicyclic) bond motifs is 1. The average Bonchev–Trinajstić information content (AvgIpc) is 2.98. The molecule has 92 valence electrons. The number of nitrogens with zero attached hydrogens (tertiary/aromatic N) is 2. The largest absolute Gasteiger partial charge is 0.480 e. The highest BCUT2D eigenvalue weighted by atomic mass is 16.5. The quantitative estimate of drug-likeness (QED) is 0.889. The predicted molar refractivity (Wildman–Crippen MR) is 64.3 cm³/mol. The van der Waals surface area contributed by atoms with Crippen molar-refractivity contribution in [2.24, 2.45) is 0 Å². The van der Waals surface area contributed by atoms with E-state index in [4.69, 9.17) is 4.52 Å². The zero-order chi connectivity index (χ0) is 12.5. The molecule has 18 heavy (non-hydrogen) atoms. The minimum Gasteiger partial charge on any atom is -0.480 e. The average molecular weight is 244 g/mol. The molecule has 0 amide bonds. The number of aliphatic carboxylic acids is 1. The standard InChI is InChI=1S/C13H12N2O3/c16-13(17)12-7-9-3-1-2-4-11(9)15(12)8-10-5-6-14-18-10/h1-6,12H,7-8H2,(H,16,17). The molecule has 1 aromatic heterocycles. The third kappa shape index (κ3) is 1.73. The van der Waals surface area contributed by atoms with Gasteiger partial charge in [0.15, 0.2) is 5.76 Å². The first-order valence-corrected chi connectivity index (χ1v) is 5.72. The Morgan fingerprint density at radius 2 is 2.28 bits per heavy atom. The van der Waals surface area contributed by atoms with E-state index >= 15 is 0 Å². The number of para-hydroxylation sites is 1. The molecule has 1 aliphatic heterocycles. The van der Waals surface area contributed by atoms with Gasteiger partial charge < -0.3 is 14.5 Å². The topological polar surface area (TPSA) is 66.6 Å². The molecular formula is C13H12N2O3. The van der Waals surface area contributed by atoms with E-state index in [2.05, 4.69) is 5.16 Å². The molecule has 1 atom stereocenters. The molecule has 1 unspecified atom stereocenters. The molecule has 5 nitrogen and oxygen atoms in total. The summed E-state index contributed by atoms with van der Waals surface area (Å²) in [4.78, 5) is 13.2. The van der Waals surface area contributed by atoms with Crippen molar-refractivity contribution in [3.05, 3.63) is 47.9 Å². The minimum absolute atomic E-state index is 0.425. The summed E-state index contributed by atoms with van der Waals surface area (Å²) < 4.78 is 5.05. The molecule has 2 heterocycles. The fraction of sp³-hybridized carbons (Fsp3) is 0.231. The Hall–Kier alpha value is -2.30. The van der Waals surface area contributed by atoms with Crippen molar-refractivity contribution in [1.29, 1.82) is 0 Å². The van der Waals surface area contributed by atoms with Crippen LogP contribution in [0.5, 0.6) is 0 Å². The molecule has 0 saturated carbocycles. The summed E-state index contributed by atoms with van der Waals surface area (Å²) in [5.74, 6) is -0.149. The number of carboxylic acids is 1. The van der Waals surface area contributed by atoms with E-state index in [0.29, 0.717) is 18.7 Å². The first kappa shape index (κ1) is 10.8. The Balaban J connectivity index is 1.95. The van der Waals surface area contributed by atoms with Crippen molar-refractivity contribution < 1.29 is 14.4 Å². The number of benzene rings is 1. The Labute approximate surface area is 104 Å². The molecular weight excluding hydrogens is 232 g/mol. The maximum atomic E-state index is 11.3. The summed E-state index contributed by atoms with van der Waals surface area (Å²) in [6, 6.07) is 8.96. The Morgan fingerprint density at radius 3 is 3.00 bits per heavy atom. The lowest BCUT2D eigenvalue weighted by Crippen LogP contribution is -2.38. The smallest absolute Gasteiger partial charge is 0.326 e. The number of hydrogen-bond donors (Lipinski definition) is 1. The number of carboxylic acid groups (broad SMARTS) is 1. The van der Waals surface area contributed by atoms with Gasteiger partial charge in [0.25, 0.3) is 0 Å². The molecule has 1 aliphatic rings. The van der Waals surface area contributed by atoms with Crippen LogP contribution >= 0.6 is 0 Å². The molecule has 3 rings (SSSR count). The van der Waals surface area contributed by atoms with E-state index in [1.807, 2.05) is 29.2 Å². The van der Waals surface area contributed by atoms with E-state index in [1.165, 1.54) is 0 Å². The molecule has 2 aromatic rings. The van der Waals surface area contributed by atoms with E-state index in [0.717, 1.165) is 11.3 Å². The number of carbonyl (C=O) groups is 1. The van der Waals surface area contributed by atoms with Gasteiger partial charge in [-0.3, -0.25) is 0 Å². The zero-order valence-electron chi connectivity index (χ0n) is 9.61. The van der Waals surface area contributed by atoms with Crippen LogP contribution in [0, 0.1) is 0 Å². The molecule has 1 N–H and O–H groups in total. The molecule has 1 aromatic carbocycles. The van der Waals surface area contributed by atoms with Crippen molar-refractivity contribution in [2.45, 2.75) is 19.0 Å². The Morgan fingerprint density at radius 1 is 1.44 bits per heavy atom. The van der Waals surface area contributed by atoms with Gasteiger partial charge in [-0.15, -0.1) is 0 Å². The highest BCUT2D eigenvalue weighted by molar-refractivity contribution is 5.82. The van der Waals surface area contributed by atoms with Gasteiger partial charge in [0, 0.05) is 18.2 Å². The second kappa shape index (κ2) is 4.18. The molecule has 0 radical (unpaired) electrons. The maximum Gasteiger partial charge on any atom is 0.326 e. The highest BCUT2D eigenvalue weighted by Gasteiger charge is 2.34. The second-order valence-corrected chi connectivity index (χ2v) is 4.29. The first-order chi connectivity index (χ1) is 8.75. The van der Waals surface area contributed by atoms with E-state index in [-0.39, 0.29) is 0 Å². The Bertz CT molecular complexity index is 565. The van der Waals surface area contributed by atoms with Crippen molar-refractivity contribution in [1.82, 2.24) is 5.16 Å². The monoisotopic (exact) mass is 244 g/mol. The van der Waals surface area contributed by atoms with Crippen molar-refractivity contribution in [3.8, 4) is 0 Å². The van der Waals surface area contributed by atoms with Crippen LogP contribution in [0.1, 0.15) is 11.3 Å². The van der Waals surface area contributed by atoms with Crippen LogP contribution in [0.3, 0.4) is 0 Å². The molecule has 0 aliphatic carbocycles. The van der Waals surface area contributed by atoms with Gasteiger partial charge in [-0.05, 0) is 11.6 Å². The van der Waals surface area contributed by atoms with Crippen LogP contribution in [-0.2, 0) is 17.8 Å². The summed E-state index contributed by atoms with van der Waals surface area (Å²) in [5.41, 5.74) is 2.02. The van der Waals surface area contributed by atoms with Gasteiger partial charge in [0.2, 0.25) is 0 Å². The van der Waals surface area contributed by atoms with E-state index in [9.17, 15) is 9.90 Å². The van der Waals surface area contributed by atoms with Crippen molar-refractivity contribution >= 4 is 11.7 Å². The SMILES string of the molecule is O=C(O)C1Cc2ccccc2N1Cc1ccno1. The van der Waals surface area contributed by atoms with Gasteiger partial charge in [0.05, 0.1) is 12.7 Å². The summed E-state index contributed by atoms with van der Waals surface area (Å²) in [5, 5.41) is 12.9. The summed E-state index contributed by atoms with van der Waals surface area (Å²) >= 11 is 0. The van der Waals surface area contributed by atoms with Crippen LogP contribution in [-0.4, -0.2) is 22.3 Å². The lowest BCUT2D eigenvalue weighted by molar-refractivity contribution is -0.138. The number of hydrogen-bond acceptors (Lipinski definition) is 4. The lowest BCUT2D eigenvalue weighted by atomic mass is 10.1. The van der Waals surface area contributed by atoms with Gasteiger partial charge in [-0.1, -0.05) is 23.4 Å². The normalized spacial score (nSPS) is 17.8. The summed E-state index contributed by atoms with van der Waals surface area (Å²) in [6.45, 7) is 0.425. The predicted octanol–water partition coefficient (Wildman–Crippen LogP) is 1.69. The van der Waals surface area contributed by atoms with E-state index < -0.39 is 12.0 Å². The molecule has 0 spiro atoms. The van der Waals surface area contributed by atoms with Gasteiger partial charge in [-0.2, -0.15) is 0 Å². The third-order valence-electron chi connectivity index (χ3n) is 3.19. The summed E-state index contributed by atoms with van der Waals surface area (Å²) in [7, 11) is 0.